The normalized spacial score (nSPS) is 21.2. The predicted molar refractivity (Wildman–Crippen MR) is 141 cm³/mol. The molecule has 1 unspecified atom stereocenters. The second kappa shape index (κ2) is 10.8. The lowest BCUT2D eigenvalue weighted by molar-refractivity contribution is -0.137. The highest BCUT2D eigenvalue weighted by Gasteiger charge is 2.30. The molecule has 7 nitrogen and oxygen atoms in total. The molecule has 0 amide bonds. The molecule has 194 valence electrons. The number of carboxylic acid groups (broad SMARTS) is 1. The molecule has 3 aliphatic rings. The van der Waals surface area contributed by atoms with Crippen molar-refractivity contribution >= 4 is 5.97 Å². The smallest absolute Gasteiger partial charge is 0.304 e. The molecule has 37 heavy (non-hydrogen) atoms. The summed E-state index contributed by atoms with van der Waals surface area (Å²) in [6.45, 7) is 6.74. The molecule has 0 spiro atoms. The number of fused-ring (bicyclic) bond motifs is 1. The third-order valence-corrected chi connectivity index (χ3v) is 7.24. The molecule has 0 saturated carbocycles. The number of carbonyl (C=O) groups is 1. The van der Waals surface area contributed by atoms with Gasteiger partial charge in [-0.25, -0.2) is 4.98 Å². The molecule has 5 rings (SSSR count). The van der Waals surface area contributed by atoms with Gasteiger partial charge in [-0.15, -0.1) is 0 Å². The van der Waals surface area contributed by atoms with Crippen LogP contribution in [0.15, 0.2) is 65.7 Å². The highest BCUT2D eigenvalue weighted by molar-refractivity contribution is 5.69. The Kier molecular flexibility index (Phi) is 7.33. The van der Waals surface area contributed by atoms with Crippen molar-refractivity contribution in [3.8, 4) is 22.9 Å². The molecule has 0 radical (unpaired) electrons. The summed E-state index contributed by atoms with van der Waals surface area (Å²) in [5, 5.41) is 9.11. The number of allylic oxidation sites excluding steroid dienone is 4. The number of pyridine rings is 1. The lowest BCUT2D eigenvalue weighted by Gasteiger charge is -2.29. The lowest BCUT2D eigenvalue weighted by Crippen LogP contribution is -2.35. The first-order chi connectivity index (χ1) is 17.9. The molecule has 3 heterocycles. The molecule has 1 N–H and O–H groups in total. The van der Waals surface area contributed by atoms with Gasteiger partial charge in [0, 0.05) is 30.6 Å². The van der Waals surface area contributed by atoms with E-state index in [0.717, 1.165) is 71.0 Å². The molecule has 2 aromatic rings. The van der Waals surface area contributed by atoms with E-state index in [9.17, 15) is 4.79 Å². The number of piperidine rings is 1. The van der Waals surface area contributed by atoms with Crippen LogP contribution in [0.5, 0.6) is 11.6 Å². The van der Waals surface area contributed by atoms with Gasteiger partial charge in [-0.2, -0.15) is 0 Å². The van der Waals surface area contributed by atoms with Gasteiger partial charge in [0.15, 0.2) is 0 Å². The largest absolute Gasteiger partial charge is 0.493 e. The van der Waals surface area contributed by atoms with Gasteiger partial charge in [-0.3, -0.25) is 4.79 Å². The zero-order chi connectivity index (χ0) is 25.9. The van der Waals surface area contributed by atoms with Gasteiger partial charge < -0.3 is 24.2 Å². The van der Waals surface area contributed by atoms with E-state index in [1.165, 1.54) is 0 Å². The van der Waals surface area contributed by atoms with Crippen molar-refractivity contribution in [2.45, 2.75) is 45.6 Å². The Morgan fingerprint density at radius 3 is 2.70 bits per heavy atom. The molecule has 1 aromatic carbocycles. The van der Waals surface area contributed by atoms with Crippen LogP contribution in [0, 0.1) is 19.8 Å². The van der Waals surface area contributed by atoms with Crippen molar-refractivity contribution in [3.63, 3.8) is 0 Å². The van der Waals surface area contributed by atoms with Gasteiger partial charge in [-0.1, -0.05) is 12.1 Å². The van der Waals surface area contributed by atoms with Gasteiger partial charge in [-0.05, 0) is 86.7 Å². The molecular weight excluding hydrogens is 468 g/mol. The molecule has 1 aromatic heterocycles. The van der Waals surface area contributed by atoms with E-state index in [4.69, 9.17) is 24.3 Å². The predicted octanol–water partition coefficient (Wildman–Crippen LogP) is 5.44. The monoisotopic (exact) mass is 502 g/mol. The lowest BCUT2D eigenvalue weighted by atomic mass is 9.92. The average molecular weight is 503 g/mol. The number of nitrogens with zero attached hydrogens (tertiary/aromatic N) is 2. The minimum Gasteiger partial charge on any atom is -0.493 e. The van der Waals surface area contributed by atoms with Crippen LogP contribution in [0.4, 0.5) is 0 Å². The number of rotatable bonds is 7. The van der Waals surface area contributed by atoms with E-state index in [1.807, 2.05) is 30.4 Å². The van der Waals surface area contributed by atoms with Gasteiger partial charge in [0.1, 0.15) is 17.6 Å². The van der Waals surface area contributed by atoms with Gasteiger partial charge in [0.2, 0.25) is 5.88 Å². The van der Waals surface area contributed by atoms with Crippen molar-refractivity contribution in [3.05, 3.63) is 76.8 Å². The van der Waals surface area contributed by atoms with Crippen LogP contribution in [-0.4, -0.2) is 53.8 Å². The Morgan fingerprint density at radius 2 is 1.97 bits per heavy atom. The maximum Gasteiger partial charge on any atom is 0.304 e. The van der Waals surface area contributed by atoms with Crippen molar-refractivity contribution in [2.75, 3.05) is 26.7 Å². The maximum atomic E-state index is 11.1. The quantitative estimate of drug-likeness (QED) is 0.505. The number of hydrogen-bond acceptors (Lipinski definition) is 6. The van der Waals surface area contributed by atoms with E-state index in [2.05, 4.69) is 37.9 Å². The van der Waals surface area contributed by atoms with Gasteiger partial charge in [0.05, 0.1) is 25.0 Å². The number of aliphatic carboxylic acids is 1. The van der Waals surface area contributed by atoms with Crippen LogP contribution in [0.25, 0.3) is 11.3 Å². The zero-order valence-electron chi connectivity index (χ0n) is 21.7. The Bertz CT molecular complexity index is 1250. The summed E-state index contributed by atoms with van der Waals surface area (Å²) in [7, 11) is 2.16. The number of carboxylic acids is 1. The molecule has 7 heteroatoms. The van der Waals surface area contributed by atoms with Gasteiger partial charge >= 0.3 is 5.97 Å². The maximum absolute atomic E-state index is 11.1. The summed E-state index contributed by atoms with van der Waals surface area (Å²) in [5.41, 5.74) is 6.12. The summed E-state index contributed by atoms with van der Waals surface area (Å²) in [6.07, 6.45) is 8.77. The Balaban J connectivity index is 1.27. The summed E-state index contributed by atoms with van der Waals surface area (Å²) < 4.78 is 18.0. The van der Waals surface area contributed by atoms with Crippen molar-refractivity contribution in [1.82, 2.24) is 9.88 Å². The average Bonchev–Trinajstić information content (AvgIpc) is 3.25. The Hall–Kier alpha value is -3.58. The van der Waals surface area contributed by atoms with Crippen LogP contribution in [0.3, 0.4) is 0 Å². The van der Waals surface area contributed by atoms with Crippen LogP contribution in [-0.2, 0) is 9.53 Å². The van der Waals surface area contributed by atoms with Gasteiger partial charge in [0.25, 0.3) is 0 Å². The molecule has 2 aliphatic heterocycles. The fourth-order valence-electron chi connectivity index (χ4n) is 5.32. The number of ether oxygens (including phenoxy) is 3. The molecular formula is C30H34N2O5. The second-order valence-electron chi connectivity index (χ2n) is 10.2. The molecule has 2 fully saturated rings. The number of hydrogen-bond donors (Lipinski definition) is 1. The highest BCUT2D eigenvalue weighted by Crippen LogP contribution is 2.37. The highest BCUT2D eigenvalue weighted by atomic mass is 16.5. The summed E-state index contributed by atoms with van der Waals surface area (Å²) >= 11 is 0. The van der Waals surface area contributed by atoms with Crippen molar-refractivity contribution in [2.24, 2.45) is 5.92 Å². The standard InChI is InChI=1S/C30H34N2O5/c1-19-13-24(37-23-9-11-32(3)12-10-23)14-20(2)30(19)26-5-4-6-28(31-26)36-17-21-7-8-25-22(16-29(33)34)18-35-27(25)15-21/h4-6,8,13-15,17,22-23H,7,9-12,16,18H2,1-3H3,(H,33,34). The van der Waals surface area contributed by atoms with Crippen LogP contribution < -0.4 is 9.47 Å². The molecule has 1 aliphatic carbocycles. The number of aryl methyl sites for hydroxylation is 2. The summed E-state index contributed by atoms with van der Waals surface area (Å²) in [4.78, 5) is 18.2. The van der Waals surface area contributed by atoms with Crippen LogP contribution in [0.2, 0.25) is 0 Å². The first kappa shape index (κ1) is 25.1. The molecule has 1 atom stereocenters. The first-order valence-corrected chi connectivity index (χ1v) is 12.9. The summed E-state index contributed by atoms with van der Waals surface area (Å²) in [6, 6.07) is 10.0. The second-order valence-corrected chi connectivity index (χ2v) is 10.2. The van der Waals surface area contributed by atoms with E-state index in [0.29, 0.717) is 18.9 Å². The molecule has 0 bridgehead atoms. The minimum absolute atomic E-state index is 0.0829. The van der Waals surface area contributed by atoms with Crippen molar-refractivity contribution in [1.29, 1.82) is 0 Å². The Labute approximate surface area is 218 Å². The van der Waals surface area contributed by atoms with E-state index in [-0.39, 0.29) is 18.4 Å². The SMILES string of the molecule is Cc1cc(OC2CCN(C)CC2)cc(C)c1-c1cccc(OC=C2C=C3OCC(CC(=O)O)C3=CC2)n1. The fraction of sp³-hybridized carbons (Fsp3) is 0.400. The van der Waals surface area contributed by atoms with E-state index >= 15 is 0 Å². The fourth-order valence-corrected chi connectivity index (χ4v) is 5.32. The minimum atomic E-state index is -0.809. The van der Waals surface area contributed by atoms with E-state index in [1.54, 1.807) is 6.26 Å². The Morgan fingerprint density at radius 1 is 1.22 bits per heavy atom. The summed E-state index contributed by atoms with van der Waals surface area (Å²) in [5.74, 6) is 1.28. The topological polar surface area (TPSA) is 81.1 Å². The van der Waals surface area contributed by atoms with Crippen molar-refractivity contribution < 1.29 is 24.1 Å². The third kappa shape index (κ3) is 5.88. The number of benzene rings is 1. The molecule has 2 saturated heterocycles. The number of aromatic nitrogens is 1. The van der Waals surface area contributed by atoms with E-state index < -0.39 is 5.97 Å². The number of likely N-dealkylation sites (tertiary alicyclic amines) is 1. The van der Waals surface area contributed by atoms with Crippen LogP contribution >= 0.6 is 0 Å². The van der Waals surface area contributed by atoms with Crippen LogP contribution in [0.1, 0.15) is 36.8 Å². The first-order valence-electron chi connectivity index (χ1n) is 12.9. The zero-order valence-corrected chi connectivity index (χ0v) is 21.7. The third-order valence-electron chi connectivity index (χ3n) is 7.24.